The molecule has 0 bridgehead atoms. The van der Waals surface area contributed by atoms with Gasteiger partial charge in [-0.05, 0) is 22.3 Å². The molecule has 0 aromatic heterocycles. The maximum atomic E-state index is 12.0. The third-order valence-electron chi connectivity index (χ3n) is 11.3. The number of amides is 4. The summed E-state index contributed by atoms with van der Waals surface area (Å²) < 4.78 is 18.0. The summed E-state index contributed by atoms with van der Waals surface area (Å²) in [5.41, 5.74) is 3.23. The van der Waals surface area contributed by atoms with Crippen LogP contribution in [0.4, 0.5) is 0 Å². The number of carbonyl (C=O) groups excluding carboxylic acids is 8. The van der Waals surface area contributed by atoms with Crippen LogP contribution < -0.4 is 20.4 Å². The van der Waals surface area contributed by atoms with Crippen LogP contribution in [0.5, 0.6) is 0 Å². The van der Waals surface area contributed by atoms with Gasteiger partial charge in [0.15, 0.2) is 24.2 Å². The number of hydrogen-bond donors (Lipinski definition) is 0. The van der Waals surface area contributed by atoms with E-state index in [1.54, 1.807) is 60.7 Å². The molecule has 2 radical (unpaired) electrons. The molecule has 4 heterocycles. The van der Waals surface area contributed by atoms with Crippen LogP contribution >= 0.6 is 0 Å². The van der Waals surface area contributed by atoms with Crippen LogP contribution in [0.15, 0.2) is 141 Å². The van der Waals surface area contributed by atoms with E-state index in [2.05, 4.69) is 38.9 Å². The first-order chi connectivity index (χ1) is 39.3. The zero-order valence-electron chi connectivity index (χ0n) is 46.2. The van der Waals surface area contributed by atoms with E-state index >= 15 is 0 Å². The van der Waals surface area contributed by atoms with Crippen LogP contribution in [0.2, 0.25) is 0 Å². The maximum absolute atomic E-state index is 12.0. The first-order valence-corrected chi connectivity index (χ1v) is 24.6. The molecule has 8 rings (SSSR count). The number of esters is 4. The Morgan fingerprint density at radius 3 is 0.690 bits per heavy atom. The van der Waals surface area contributed by atoms with E-state index in [1.807, 2.05) is 72.8 Å². The number of amidine groups is 4. The Morgan fingerprint density at radius 2 is 0.548 bits per heavy atom. The summed E-state index contributed by atoms with van der Waals surface area (Å²) in [5, 5.41) is 60.9. The SMILES string of the molecule is CC#N.CC#N.COC(=O)[C@@H]1CN(C(=O)Cc2ccccc2)C([O-])=N1.COC(=O)[C@@H]1CN(C(=O)Cc2ccccc2)C([O-])=N1.COC(=O)[C@@H]1CN(C(=O)Cc2ccccc2)C([O-])=N1.COC(=O)[C@@H]1CN(C(=O)Cc2ccccc2)C([O-])=N1.[Rh+2].[Rh+2]. The van der Waals surface area contributed by atoms with E-state index in [0.717, 1.165) is 41.9 Å². The molecule has 0 spiro atoms. The van der Waals surface area contributed by atoms with Crippen molar-refractivity contribution in [1.82, 2.24) is 19.6 Å². The van der Waals surface area contributed by atoms with Crippen molar-refractivity contribution in [2.45, 2.75) is 63.7 Å². The fourth-order valence-corrected chi connectivity index (χ4v) is 7.33. The molecular formula is C56H58N10O16Rh2. The van der Waals surface area contributed by atoms with Crippen LogP contribution in [0.1, 0.15) is 36.1 Å². The van der Waals surface area contributed by atoms with Crippen LogP contribution in [-0.2, 0) is 122 Å². The summed E-state index contributed by atoms with van der Waals surface area (Å²) >= 11 is 0. The van der Waals surface area contributed by atoms with Gasteiger partial charge < -0.3 is 59.0 Å². The minimum atomic E-state index is -0.905. The van der Waals surface area contributed by atoms with Crippen molar-refractivity contribution in [2.75, 3.05) is 54.6 Å². The molecule has 0 fully saturated rings. The first-order valence-electron chi connectivity index (χ1n) is 24.6. The Hall–Kier alpha value is -9.25. The summed E-state index contributed by atoms with van der Waals surface area (Å²) in [7, 11) is 4.88. The van der Waals surface area contributed by atoms with E-state index in [1.165, 1.54) is 42.3 Å². The molecule has 0 saturated heterocycles. The van der Waals surface area contributed by atoms with Gasteiger partial charge in [-0.25, -0.2) is 19.2 Å². The minimum absolute atomic E-state index is 0. The molecule has 0 unspecified atom stereocenters. The summed E-state index contributed by atoms with van der Waals surface area (Å²) in [4.78, 5) is 111. The van der Waals surface area contributed by atoms with Crippen LogP contribution in [0.25, 0.3) is 0 Å². The zero-order chi connectivity index (χ0) is 60.7. The number of ether oxygens (including phenoxy) is 4. The largest absolute Gasteiger partial charge is 2.00 e. The number of aliphatic imine (C=N–C) groups is 4. The monoisotopic (exact) mass is 1330 g/mol. The van der Waals surface area contributed by atoms with Gasteiger partial charge in [-0.1, -0.05) is 121 Å². The minimum Gasteiger partial charge on any atom is -0.846 e. The van der Waals surface area contributed by atoms with Gasteiger partial charge in [-0.15, -0.1) is 0 Å². The molecule has 4 atom stereocenters. The number of methoxy groups -OCH3 is 4. The zero-order valence-corrected chi connectivity index (χ0v) is 49.5. The van der Waals surface area contributed by atoms with Gasteiger partial charge in [-0.2, -0.15) is 10.5 Å². The number of hydrogen-bond acceptors (Lipinski definition) is 22. The van der Waals surface area contributed by atoms with Gasteiger partial charge in [0, 0.05) is 13.8 Å². The van der Waals surface area contributed by atoms with Crippen molar-refractivity contribution < 1.29 is 117 Å². The number of carbonyl (C=O) groups is 8. The normalized spacial score (nSPS) is 16.5. The molecule has 0 aliphatic carbocycles. The van der Waals surface area contributed by atoms with Crippen LogP contribution in [0.3, 0.4) is 0 Å². The molecule has 4 aromatic carbocycles. The standard InChI is InChI=1S/4C13H14N2O4.2C2H3N.2Rh/c4*1-19-12(17)10-8-15(13(18)14-10)11(16)7-9-5-3-2-4-6-9;2*1-2-3;;/h4*2-6,10H,7-8H2,1H3,(H,14,18);2*1H3;;/q;;;;;;2*+2/p-4/t4*10-;;;;/m0000..../s1. The predicted molar refractivity (Wildman–Crippen MR) is 283 cm³/mol. The number of rotatable bonds is 12. The Labute approximate surface area is 509 Å². The van der Waals surface area contributed by atoms with Gasteiger partial charge in [0.2, 0.25) is 23.6 Å². The fourth-order valence-electron chi connectivity index (χ4n) is 7.33. The number of nitrogens with zero attached hydrogens (tertiary/aromatic N) is 10. The molecule has 4 aliphatic rings. The predicted octanol–water partition coefficient (Wildman–Crippen LogP) is -1.63. The van der Waals surface area contributed by atoms with Crippen molar-refractivity contribution in [3.05, 3.63) is 144 Å². The molecule has 0 N–H and O–H groups in total. The van der Waals surface area contributed by atoms with Crippen molar-refractivity contribution in [1.29, 1.82) is 10.5 Å². The van der Waals surface area contributed by atoms with Crippen molar-refractivity contribution in [3.8, 4) is 12.1 Å². The molecule has 4 aliphatic heterocycles. The molecule has 4 aromatic rings. The molecule has 0 saturated carbocycles. The fraction of sp³-hybridized carbons (Fsp3) is 0.321. The molecule has 28 heteroatoms. The summed E-state index contributed by atoms with van der Waals surface area (Å²) in [5.74, 6) is -3.91. The topological polar surface area (TPSA) is 376 Å². The van der Waals surface area contributed by atoms with Gasteiger partial charge in [0.05, 0.1) is 117 Å². The molecular weight excluding hydrogens is 1270 g/mol. The second kappa shape index (κ2) is 38.5. The van der Waals surface area contributed by atoms with Crippen LogP contribution in [-0.4, -0.2) is 170 Å². The molecule has 446 valence electrons. The van der Waals surface area contributed by atoms with E-state index in [-0.39, 0.29) is 114 Å². The Morgan fingerprint density at radius 1 is 0.393 bits per heavy atom. The Balaban J connectivity index is 0.000000538. The summed E-state index contributed by atoms with van der Waals surface area (Å²) in [6.07, 6.45) is 0.429. The quantitative estimate of drug-likeness (QED) is 0.0873. The maximum Gasteiger partial charge on any atom is 2.00 e. The Kier molecular flexibility index (Phi) is 33.3. The van der Waals surface area contributed by atoms with Crippen molar-refractivity contribution in [2.24, 2.45) is 20.0 Å². The van der Waals surface area contributed by atoms with E-state index in [0.29, 0.717) is 0 Å². The second-order valence-electron chi connectivity index (χ2n) is 16.9. The molecule has 4 amide bonds. The average molecular weight is 1330 g/mol. The van der Waals surface area contributed by atoms with Crippen molar-refractivity contribution >= 4 is 71.6 Å². The second-order valence-corrected chi connectivity index (χ2v) is 16.9. The van der Waals surface area contributed by atoms with E-state index in [9.17, 15) is 58.8 Å². The van der Waals surface area contributed by atoms with Crippen LogP contribution in [0, 0.1) is 22.7 Å². The first kappa shape index (κ1) is 72.8. The smallest absolute Gasteiger partial charge is 0.846 e. The van der Waals surface area contributed by atoms with Crippen molar-refractivity contribution in [3.63, 3.8) is 0 Å². The molecule has 26 nitrogen and oxygen atoms in total. The van der Waals surface area contributed by atoms with Gasteiger partial charge in [-0.3, -0.25) is 39.1 Å². The third kappa shape index (κ3) is 23.3. The van der Waals surface area contributed by atoms with Gasteiger partial charge >= 0.3 is 62.8 Å². The number of nitriles is 2. The average Bonchev–Trinajstić information content (AvgIpc) is 4.36. The molecule has 84 heavy (non-hydrogen) atoms. The summed E-state index contributed by atoms with van der Waals surface area (Å²) in [6.45, 7) is 2.68. The van der Waals surface area contributed by atoms with E-state index in [4.69, 9.17) is 10.5 Å². The van der Waals surface area contributed by atoms with Gasteiger partial charge in [0.25, 0.3) is 0 Å². The van der Waals surface area contributed by atoms with E-state index < -0.39 is 72.1 Å². The Bertz CT molecular complexity index is 2640. The third-order valence-corrected chi connectivity index (χ3v) is 11.3. The number of benzene rings is 4. The van der Waals surface area contributed by atoms with Gasteiger partial charge in [0.1, 0.15) is 0 Å². The summed E-state index contributed by atoms with van der Waals surface area (Å²) in [6, 6.07) is 33.4.